The first kappa shape index (κ1) is 27.8. The van der Waals surface area contributed by atoms with E-state index in [-0.39, 0.29) is 28.6 Å². The van der Waals surface area contributed by atoms with Gasteiger partial charge in [0.25, 0.3) is 11.8 Å². The zero-order valence-electron chi connectivity index (χ0n) is 20.2. The number of aromatic nitrogens is 1. The van der Waals surface area contributed by atoms with Crippen LogP contribution in [0.15, 0.2) is 47.0 Å². The number of hydrogen-bond acceptors (Lipinski definition) is 4. The van der Waals surface area contributed by atoms with Gasteiger partial charge in [-0.25, -0.2) is 0 Å². The Morgan fingerprint density at radius 2 is 1.46 bits per heavy atom. The van der Waals surface area contributed by atoms with Crippen LogP contribution in [-0.4, -0.2) is 23.5 Å². The minimum Gasteiger partial charge on any atom is -0.350 e. The summed E-state index contributed by atoms with van der Waals surface area (Å²) in [7, 11) is 0. The molecule has 6 nitrogen and oxygen atoms in total. The van der Waals surface area contributed by atoms with E-state index in [9.17, 15) is 35.9 Å². The summed E-state index contributed by atoms with van der Waals surface area (Å²) >= 11 is 0. The van der Waals surface area contributed by atoms with E-state index in [4.69, 9.17) is 4.52 Å². The molecule has 2 amide bonds. The van der Waals surface area contributed by atoms with Crippen LogP contribution in [-0.2, 0) is 12.4 Å². The third-order valence-corrected chi connectivity index (χ3v) is 5.13. The summed E-state index contributed by atoms with van der Waals surface area (Å²) in [5, 5.41) is 8.89. The number of alkyl halides is 6. The summed E-state index contributed by atoms with van der Waals surface area (Å²) < 4.78 is 83.9. The highest BCUT2D eigenvalue weighted by Gasteiger charge is 2.37. The van der Waals surface area contributed by atoms with Crippen molar-refractivity contribution in [2.75, 3.05) is 11.9 Å². The van der Waals surface area contributed by atoms with E-state index < -0.39 is 40.9 Å². The molecule has 1 aromatic heterocycles. The molecule has 0 atom stereocenters. The zero-order chi connectivity index (χ0) is 27.8. The largest absolute Gasteiger partial charge is 0.416 e. The summed E-state index contributed by atoms with van der Waals surface area (Å²) in [6.45, 7) is 7.90. The number of carbonyl (C=O) groups is 2. The summed E-state index contributed by atoms with van der Waals surface area (Å²) in [4.78, 5) is 24.9. The number of halogens is 6. The van der Waals surface area contributed by atoms with Crippen LogP contribution < -0.4 is 10.6 Å². The van der Waals surface area contributed by atoms with Crippen molar-refractivity contribution in [3.05, 3.63) is 70.5 Å². The molecule has 37 heavy (non-hydrogen) atoms. The minimum absolute atomic E-state index is 0.0550. The lowest BCUT2D eigenvalue weighted by atomic mass is 9.97. The molecule has 0 bridgehead atoms. The van der Waals surface area contributed by atoms with Crippen LogP contribution in [0.25, 0.3) is 11.3 Å². The molecule has 0 spiro atoms. The molecule has 3 rings (SSSR count). The molecule has 3 aromatic rings. The molecule has 198 valence electrons. The first-order valence-corrected chi connectivity index (χ1v) is 10.9. The smallest absolute Gasteiger partial charge is 0.350 e. The molecule has 2 aromatic carbocycles. The third-order valence-electron chi connectivity index (χ3n) is 5.13. The van der Waals surface area contributed by atoms with Crippen molar-refractivity contribution in [3.8, 4) is 11.3 Å². The molecule has 0 unspecified atom stereocenters. The Kier molecular flexibility index (Phi) is 7.43. The standard InChI is InChI=1S/C25H23F6N3O3/c1-13-5-6-17(10-18(13)19-11-20(37-34-19)22(36)32-12-23(2,3)4)33-21(35)14-7-15(24(26,27)28)9-16(8-14)25(29,30)31/h5-11H,12H2,1-4H3,(H,32,36)(H,33,35). The zero-order valence-corrected chi connectivity index (χ0v) is 20.2. The maximum Gasteiger partial charge on any atom is 0.416 e. The molecule has 0 aliphatic heterocycles. The summed E-state index contributed by atoms with van der Waals surface area (Å²) in [5.41, 5.74) is -2.77. The Labute approximate surface area is 208 Å². The Hall–Kier alpha value is -3.83. The summed E-state index contributed by atoms with van der Waals surface area (Å²) in [5.74, 6) is -1.72. The molecular weight excluding hydrogens is 504 g/mol. The van der Waals surface area contributed by atoms with Gasteiger partial charge in [0.15, 0.2) is 0 Å². The van der Waals surface area contributed by atoms with E-state index >= 15 is 0 Å². The van der Waals surface area contributed by atoms with Gasteiger partial charge in [0.1, 0.15) is 5.69 Å². The predicted molar refractivity (Wildman–Crippen MR) is 123 cm³/mol. The third kappa shape index (κ3) is 7.11. The molecular formula is C25H23F6N3O3. The minimum atomic E-state index is -5.09. The van der Waals surface area contributed by atoms with Crippen molar-refractivity contribution in [2.45, 2.75) is 40.0 Å². The van der Waals surface area contributed by atoms with E-state index in [0.717, 1.165) is 0 Å². The number of nitrogens with zero attached hydrogens (tertiary/aromatic N) is 1. The topological polar surface area (TPSA) is 84.2 Å². The van der Waals surface area contributed by atoms with Gasteiger partial charge in [-0.15, -0.1) is 0 Å². The van der Waals surface area contributed by atoms with Crippen LogP contribution in [0, 0.1) is 12.3 Å². The van der Waals surface area contributed by atoms with Gasteiger partial charge in [-0.2, -0.15) is 26.3 Å². The molecule has 0 fully saturated rings. The number of carbonyl (C=O) groups excluding carboxylic acids is 2. The van der Waals surface area contributed by atoms with Crippen LogP contribution >= 0.6 is 0 Å². The predicted octanol–water partition coefficient (Wildman–Crippen LogP) is 6.72. The van der Waals surface area contributed by atoms with Crippen LogP contribution in [0.1, 0.15) is 58.4 Å². The fourth-order valence-electron chi connectivity index (χ4n) is 3.21. The number of anilines is 1. The lowest BCUT2D eigenvalue weighted by molar-refractivity contribution is -0.143. The van der Waals surface area contributed by atoms with Crippen molar-refractivity contribution in [3.63, 3.8) is 0 Å². The average molecular weight is 527 g/mol. The quantitative estimate of drug-likeness (QED) is 0.361. The fraction of sp³-hybridized carbons (Fsp3) is 0.320. The average Bonchev–Trinajstić information content (AvgIpc) is 3.27. The lowest BCUT2D eigenvalue weighted by Crippen LogP contribution is -2.31. The first-order chi connectivity index (χ1) is 16.9. The van der Waals surface area contributed by atoms with Crippen LogP contribution in [0.5, 0.6) is 0 Å². The molecule has 0 saturated carbocycles. The van der Waals surface area contributed by atoms with E-state index in [1.807, 2.05) is 20.8 Å². The van der Waals surface area contributed by atoms with Crippen LogP contribution in [0.4, 0.5) is 32.0 Å². The Balaban J connectivity index is 1.87. The molecule has 0 aliphatic carbocycles. The van der Waals surface area contributed by atoms with Crippen molar-refractivity contribution in [1.82, 2.24) is 10.5 Å². The van der Waals surface area contributed by atoms with Gasteiger partial charge in [-0.05, 0) is 48.2 Å². The fourth-order valence-corrected chi connectivity index (χ4v) is 3.21. The van der Waals surface area contributed by atoms with Gasteiger partial charge < -0.3 is 15.2 Å². The molecule has 0 radical (unpaired) electrons. The van der Waals surface area contributed by atoms with Gasteiger partial charge >= 0.3 is 12.4 Å². The lowest BCUT2D eigenvalue weighted by Gasteiger charge is -2.17. The van der Waals surface area contributed by atoms with Crippen LogP contribution in [0.2, 0.25) is 0 Å². The van der Waals surface area contributed by atoms with Crippen molar-refractivity contribution in [2.24, 2.45) is 5.41 Å². The van der Waals surface area contributed by atoms with Crippen molar-refractivity contribution in [1.29, 1.82) is 0 Å². The SMILES string of the molecule is Cc1ccc(NC(=O)c2cc(C(F)(F)F)cc(C(F)(F)F)c2)cc1-c1cc(C(=O)NCC(C)(C)C)on1. The van der Waals surface area contributed by atoms with E-state index in [2.05, 4.69) is 15.8 Å². The number of rotatable bonds is 5. The van der Waals surface area contributed by atoms with Gasteiger partial charge in [0.2, 0.25) is 5.76 Å². The van der Waals surface area contributed by atoms with Gasteiger partial charge in [-0.3, -0.25) is 9.59 Å². The van der Waals surface area contributed by atoms with E-state index in [0.29, 0.717) is 29.8 Å². The second-order valence-corrected chi connectivity index (χ2v) is 9.60. The maximum atomic E-state index is 13.1. The highest BCUT2D eigenvalue weighted by atomic mass is 19.4. The summed E-state index contributed by atoms with van der Waals surface area (Å²) in [6.07, 6.45) is -10.2. The number of benzene rings is 2. The monoisotopic (exact) mass is 527 g/mol. The number of aryl methyl sites for hydroxylation is 1. The van der Waals surface area contributed by atoms with Gasteiger partial charge in [0.05, 0.1) is 11.1 Å². The Morgan fingerprint density at radius 3 is 2.00 bits per heavy atom. The molecule has 0 saturated heterocycles. The second-order valence-electron chi connectivity index (χ2n) is 9.60. The molecule has 0 aliphatic rings. The Bertz CT molecular complexity index is 1290. The number of nitrogens with one attached hydrogen (secondary N) is 2. The maximum absolute atomic E-state index is 13.1. The normalized spacial score (nSPS) is 12.4. The second kappa shape index (κ2) is 9.91. The summed E-state index contributed by atoms with van der Waals surface area (Å²) in [6, 6.07) is 6.42. The Morgan fingerprint density at radius 1 is 0.865 bits per heavy atom. The van der Waals surface area contributed by atoms with Gasteiger partial charge in [0, 0.05) is 29.4 Å². The first-order valence-electron chi connectivity index (χ1n) is 10.9. The van der Waals surface area contributed by atoms with E-state index in [1.165, 1.54) is 18.2 Å². The number of amides is 2. The molecule has 2 N–H and O–H groups in total. The highest BCUT2D eigenvalue weighted by molar-refractivity contribution is 6.05. The molecule has 12 heteroatoms. The van der Waals surface area contributed by atoms with Crippen LogP contribution in [0.3, 0.4) is 0 Å². The van der Waals surface area contributed by atoms with E-state index in [1.54, 1.807) is 13.0 Å². The number of hydrogen-bond donors (Lipinski definition) is 2. The highest BCUT2D eigenvalue weighted by Crippen LogP contribution is 2.36. The van der Waals surface area contributed by atoms with Gasteiger partial charge in [-0.1, -0.05) is 32.0 Å². The van der Waals surface area contributed by atoms with Crippen molar-refractivity contribution >= 4 is 17.5 Å². The molecule has 1 heterocycles. The van der Waals surface area contributed by atoms with Crippen molar-refractivity contribution < 1.29 is 40.5 Å².